The number of aryl methyl sites for hydroxylation is 2. The van der Waals surface area contributed by atoms with Crippen LogP contribution in [0.4, 0.5) is 0 Å². The third kappa shape index (κ3) is 2.79. The Morgan fingerprint density at radius 2 is 2.12 bits per heavy atom. The maximum absolute atomic E-state index is 13.2. The van der Waals surface area contributed by atoms with Crippen molar-refractivity contribution < 1.29 is 4.79 Å². The Bertz CT molecular complexity index is 998. The van der Waals surface area contributed by atoms with E-state index < -0.39 is 0 Å². The van der Waals surface area contributed by atoms with Gasteiger partial charge in [-0.05, 0) is 56.1 Å². The smallest absolute Gasteiger partial charge is 0.262 e. The quantitative estimate of drug-likeness (QED) is 0.778. The van der Waals surface area contributed by atoms with Crippen LogP contribution in [0.15, 0.2) is 48.8 Å². The molecule has 4 rings (SSSR count). The van der Waals surface area contributed by atoms with E-state index in [2.05, 4.69) is 16.4 Å². The molecule has 0 radical (unpaired) electrons. The highest BCUT2D eigenvalue weighted by Gasteiger charge is 2.19. The van der Waals surface area contributed by atoms with Gasteiger partial charge in [0.1, 0.15) is 0 Å². The Balaban J connectivity index is 1.87. The monoisotopic (exact) mass is 331 g/mol. The first kappa shape index (κ1) is 15.8. The Hall–Kier alpha value is -2.72. The van der Waals surface area contributed by atoms with Crippen molar-refractivity contribution in [1.82, 2.24) is 14.9 Å². The zero-order valence-electron chi connectivity index (χ0n) is 14.5. The highest BCUT2D eigenvalue weighted by Crippen LogP contribution is 2.29. The van der Waals surface area contributed by atoms with Crippen LogP contribution in [0.3, 0.4) is 0 Å². The first-order valence-corrected chi connectivity index (χ1v) is 8.63. The van der Waals surface area contributed by atoms with Crippen molar-refractivity contribution in [3.63, 3.8) is 0 Å². The molecule has 1 aliphatic rings. The number of benzene rings is 1. The summed E-state index contributed by atoms with van der Waals surface area (Å²) in [6.07, 6.45) is 6.89. The zero-order valence-corrected chi connectivity index (χ0v) is 14.5. The van der Waals surface area contributed by atoms with Crippen molar-refractivity contribution in [1.29, 1.82) is 0 Å². The number of rotatable bonds is 2. The number of carbonyl (C=O) groups excluding carboxylic acids is 1. The van der Waals surface area contributed by atoms with Gasteiger partial charge in [0.05, 0.1) is 11.0 Å². The average molecular weight is 331 g/mol. The molecule has 4 nitrogen and oxygen atoms in total. The largest absolute Gasteiger partial charge is 0.313 e. The van der Waals surface area contributed by atoms with Crippen LogP contribution in [0.1, 0.15) is 33.5 Å². The molecule has 0 saturated heterocycles. The number of carbonyl (C=O) groups is 1. The van der Waals surface area contributed by atoms with E-state index in [0.29, 0.717) is 0 Å². The van der Waals surface area contributed by atoms with Crippen LogP contribution >= 0.6 is 0 Å². The van der Waals surface area contributed by atoms with E-state index in [1.165, 1.54) is 5.57 Å². The minimum atomic E-state index is -0.00344. The molecule has 1 N–H and O–H groups in total. The predicted molar refractivity (Wildman–Crippen MR) is 101 cm³/mol. The minimum absolute atomic E-state index is 0.00344. The molecule has 0 unspecified atom stereocenters. The second kappa shape index (κ2) is 6.30. The molecular formula is C21H21N3O. The van der Waals surface area contributed by atoms with Crippen molar-refractivity contribution in [3.05, 3.63) is 71.1 Å². The molecule has 2 aromatic heterocycles. The molecule has 0 aliphatic carbocycles. The van der Waals surface area contributed by atoms with Gasteiger partial charge in [-0.15, -0.1) is 0 Å². The number of fused-ring (bicyclic) bond motifs is 1. The van der Waals surface area contributed by atoms with E-state index in [4.69, 9.17) is 0 Å². The fraction of sp³-hybridized carbons (Fsp3) is 0.238. The summed E-state index contributed by atoms with van der Waals surface area (Å²) in [7, 11) is 0. The summed E-state index contributed by atoms with van der Waals surface area (Å²) in [4.78, 5) is 17.7. The van der Waals surface area contributed by atoms with Gasteiger partial charge in [-0.25, -0.2) is 0 Å². The van der Waals surface area contributed by atoms with Crippen molar-refractivity contribution in [2.45, 2.75) is 20.3 Å². The standard InChI is InChI=1S/C21H21N3O/c1-14-5-6-17(15(2)12-14)21(25)24-13-18(16-7-10-22-11-8-16)20-19(24)4-3-9-23-20/h3-7,9,12-13,22H,8,10-11H2,1-2H3. The van der Waals surface area contributed by atoms with Crippen LogP contribution in [-0.4, -0.2) is 28.5 Å². The molecule has 126 valence electrons. The predicted octanol–water partition coefficient (Wildman–Crippen LogP) is 3.72. The Labute approximate surface area is 147 Å². The fourth-order valence-electron chi connectivity index (χ4n) is 3.51. The van der Waals surface area contributed by atoms with Gasteiger partial charge >= 0.3 is 0 Å². The Kier molecular flexibility index (Phi) is 3.98. The molecule has 0 bridgehead atoms. The molecular weight excluding hydrogens is 310 g/mol. The van der Waals surface area contributed by atoms with E-state index in [0.717, 1.165) is 52.8 Å². The van der Waals surface area contributed by atoms with E-state index in [-0.39, 0.29) is 5.91 Å². The highest BCUT2D eigenvalue weighted by molar-refractivity contribution is 6.05. The summed E-state index contributed by atoms with van der Waals surface area (Å²) < 4.78 is 1.75. The van der Waals surface area contributed by atoms with E-state index in [9.17, 15) is 4.79 Å². The fourth-order valence-corrected chi connectivity index (χ4v) is 3.51. The number of pyridine rings is 1. The SMILES string of the molecule is Cc1ccc(C(=O)n2cc(C3=CCNCC3)c3ncccc32)c(C)c1. The summed E-state index contributed by atoms with van der Waals surface area (Å²) in [6, 6.07) is 9.80. The van der Waals surface area contributed by atoms with Gasteiger partial charge in [-0.2, -0.15) is 0 Å². The second-order valence-corrected chi connectivity index (χ2v) is 6.59. The van der Waals surface area contributed by atoms with Crippen LogP contribution in [0.5, 0.6) is 0 Å². The van der Waals surface area contributed by atoms with E-state index >= 15 is 0 Å². The lowest BCUT2D eigenvalue weighted by molar-refractivity contribution is 0.0964. The molecule has 4 heteroatoms. The molecule has 3 heterocycles. The van der Waals surface area contributed by atoms with Crippen molar-refractivity contribution in [3.8, 4) is 0 Å². The van der Waals surface area contributed by atoms with E-state index in [1.807, 2.05) is 50.4 Å². The first-order valence-electron chi connectivity index (χ1n) is 8.63. The molecule has 25 heavy (non-hydrogen) atoms. The van der Waals surface area contributed by atoms with Crippen molar-refractivity contribution in [2.24, 2.45) is 0 Å². The minimum Gasteiger partial charge on any atom is -0.313 e. The number of hydrogen-bond acceptors (Lipinski definition) is 3. The average Bonchev–Trinajstić information content (AvgIpc) is 3.02. The van der Waals surface area contributed by atoms with E-state index in [1.54, 1.807) is 10.8 Å². The Morgan fingerprint density at radius 1 is 1.24 bits per heavy atom. The lowest BCUT2D eigenvalue weighted by Crippen LogP contribution is -2.20. The normalized spacial score (nSPS) is 14.6. The van der Waals surface area contributed by atoms with Gasteiger partial charge in [0.2, 0.25) is 0 Å². The molecule has 0 atom stereocenters. The molecule has 0 saturated carbocycles. The van der Waals surface area contributed by atoms with Crippen LogP contribution in [0, 0.1) is 13.8 Å². The van der Waals surface area contributed by atoms with Crippen LogP contribution in [0.25, 0.3) is 16.6 Å². The van der Waals surface area contributed by atoms with Gasteiger partial charge in [-0.3, -0.25) is 14.3 Å². The number of hydrogen-bond donors (Lipinski definition) is 1. The van der Waals surface area contributed by atoms with Gasteiger partial charge in [0.15, 0.2) is 0 Å². The maximum atomic E-state index is 13.2. The summed E-state index contributed by atoms with van der Waals surface area (Å²) in [5.74, 6) is -0.00344. The topological polar surface area (TPSA) is 46.9 Å². The number of aromatic nitrogens is 2. The van der Waals surface area contributed by atoms with Gasteiger partial charge in [0.25, 0.3) is 5.91 Å². The summed E-state index contributed by atoms with van der Waals surface area (Å²) in [5.41, 5.74) is 6.98. The lowest BCUT2D eigenvalue weighted by Gasteiger charge is -2.12. The summed E-state index contributed by atoms with van der Waals surface area (Å²) in [6.45, 7) is 5.84. The Morgan fingerprint density at radius 3 is 2.88 bits per heavy atom. The highest BCUT2D eigenvalue weighted by atomic mass is 16.2. The zero-order chi connectivity index (χ0) is 17.4. The van der Waals surface area contributed by atoms with Crippen molar-refractivity contribution >= 4 is 22.5 Å². The van der Waals surface area contributed by atoms with Crippen LogP contribution in [-0.2, 0) is 0 Å². The molecule has 1 aliphatic heterocycles. The number of nitrogens with one attached hydrogen (secondary N) is 1. The number of nitrogens with zero attached hydrogens (tertiary/aromatic N) is 2. The molecule has 1 aromatic carbocycles. The molecule has 3 aromatic rings. The summed E-state index contributed by atoms with van der Waals surface area (Å²) >= 11 is 0. The van der Waals surface area contributed by atoms with Gasteiger partial charge in [0, 0.05) is 30.1 Å². The third-order valence-corrected chi connectivity index (χ3v) is 4.80. The van der Waals surface area contributed by atoms with Crippen LogP contribution < -0.4 is 5.32 Å². The van der Waals surface area contributed by atoms with Crippen LogP contribution in [0.2, 0.25) is 0 Å². The lowest BCUT2D eigenvalue weighted by atomic mass is 10.0. The molecule has 0 spiro atoms. The third-order valence-electron chi connectivity index (χ3n) is 4.80. The summed E-state index contributed by atoms with van der Waals surface area (Å²) in [5, 5.41) is 3.33. The first-order chi connectivity index (χ1) is 12.1. The van der Waals surface area contributed by atoms with Gasteiger partial charge < -0.3 is 5.32 Å². The molecule has 0 fully saturated rings. The van der Waals surface area contributed by atoms with Gasteiger partial charge in [-0.1, -0.05) is 23.8 Å². The maximum Gasteiger partial charge on any atom is 0.262 e. The van der Waals surface area contributed by atoms with Crippen molar-refractivity contribution in [2.75, 3.05) is 13.1 Å². The molecule has 0 amide bonds. The second-order valence-electron chi connectivity index (χ2n) is 6.59.